The van der Waals surface area contributed by atoms with Crippen molar-refractivity contribution in [3.8, 4) is 0 Å². The lowest BCUT2D eigenvalue weighted by atomic mass is 10.5. The van der Waals surface area contributed by atoms with E-state index in [1.807, 2.05) is 0 Å². The largest absolute Gasteiger partial charge is 0.430 e. The average Bonchev–Trinajstić information content (AvgIpc) is 2.37. The van der Waals surface area contributed by atoms with Crippen LogP contribution >= 0.6 is 10.8 Å². The smallest absolute Gasteiger partial charge is 0.273 e. The molecule has 2 rings (SSSR count). The van der Waals surface area contributed by atoms with Gasteiger partial charge in [-0.25, -0.2) is 13.4 Å². The quantitative estimate of drug-likeness (QED) is 0.547. The Balaban J connectivity index is 2.83. The molecule has 0 aromatic carbocycles. The fourth-order valence-electron chi connectivity index (χ4n) is 0.726. The van der Waals surface area contributed by atoms with Gasteiger partial charge in [-0.3, -0.25) is 4.79 Å². The lowest BCUT2D eigenvalue weighted by Gasteiger charge is -1.82. The van der Waals surface area contributed by atoms with E-state index in [2.05, 4.69) is 9.40 Å². The summed E-state index contributed by atoms with van der Waals surface area (Å²) < 4.78 is 26.4. The molecule has 0 saturated carbocycles. The maximum atomic E-state index is 10.9. The molecule has 0 aliphatic carbocycles. The van der Waals surface area contributed by atoms with Crippen molar-refractivity contribution in [3.63, 3.8) is 0 Å². The fraction of sp³-hybridized carbons (Fsp3) is 0. The molecular weight excluding hydrogens is 190 g/mol. The number of oxazole rings is 1. The first-order chi connectivity index (χ1) is 5.11. The van der Waals surface area contributed by atoms with Gasteiger partial charge in [-0.05, 0) is 0 Å². The highest BCUT2D eigenvalue weighted by Crippen LogP contribution is 2.36. The van der Waals surface area contributed by atoms with Gasteiger partial charge in [0.15, 0.2) is 12.1 Å². The molecule has 1 aromatic heterocycles. The minimum atomic E-state index is -3.57. The molecular formula is C4HNO4S2. The van der Waals surface area contributed by atoms with Gasteiger partial charge in [-0.15, -0.1) is 0 Å². The Bertz CT molecular complexity index is 417. The third kappa shape index (κ3) is 0.809. The van der Waals surface area contributed by atoms with Crippen molar-refractivity contribution in [1.82, 2.24) is 4.98 Å². The Labute approximate surface area is 65.1 Å². The molecule has 0 radical (unpaired) electrons. The van der Waals surface area contributed by atoms with Crippen LogP contribution in [0.1, 0.15) is 10.5 Å². The van der Waals surface area contributed by atoms with E-state index in [4.69, 9.17) is 0 Å². The van der Waals surface area contributed by atoms with E-state index < -0.39 is 14.0 Å². The van der Waals surface area contributed by atoms with Gasteiger partial charge in [0.2, 0.25) is 0 Å². The van der Waals surface area contributed by atoms with E-state index in [0.717, 1.165) is 6.39 Å². The van der Waals surface area contributed by atoms with Crippen LogP contribution in [0, 0.1) is 0 Å². The molecule has 1 aliphatic heterocycles. The first-order valence-electron chi connectivity index (χ1n) is 2.53. The molecule has 1 aromatic rings. The number of fused-ring (bicyclic) bond motifs is 1. The van der Waals surface area contributed by atoms with E-state index >= 15 is 0 Å². The first-order valence-corrected chi connectivity index (χ1v) is 5.35. The van der Waals surface area contributed by atoms with Crippen molar-refractivity contribution in [3.05, 3.63) is 12.1 Å². The minimum Gasteiger partial charge on any atom is -0.430 e. The van der Waals surface area contributed by atoms with E-state index in [9.17, 15) is 13.2 Å². The molecule has 0 bridgehead atoms. The van der Waals surface area contributed by atoms with Crippen LogP contribution in [0.4, 0.5) is 0 Å². The number of carbonyl (C=O) groups is 1. The van der Waals surface area contributed by atoms with Crippen molar-refractivity contribution in [1.29, 1.82) is 0 Å². The second kappa shape index (κ2) is 1.86. The maximum Gasteiger partial charge on any atom is 0.273 e. The van der Waals surface area contributed by atoms with Crippen LogP contribution in [-0.2, 0) is 8.87 Å². The van der Waals surface area contributed by atoms with Crippen molar-refractivity contribution >= 4 is 24.8 Å². The molecule has 0 atom stereocenters. The topological polar surface area (TPSA) is 77.2 Å². The Morgan fingerprint density at radius 1 is 1.55 bits per heavy atom. The summed E-state index contributed by atoms with van der Waals surface area (Å²) in [5, 5.41) is -0.902. The molecule has 58 valence electrons. The number of hydrogen-bond acceptors (Lipinski definition) is 6. The van der Waals surface area contributed by atoms with Gasteiger partial charge in [-0.2, -0.15) is 0 Å². The second-order valence-corrected chi connectivity index (χ2v) is 5.45. The van der Waals surface area contributed by atoms with Crippen LogP contribution in [0.15, 0.2) is 15.9 Å². The summed E-state index contributed by atoms with van der Waals surface area (Å²) in [4.78, 5) is 14.3. The molecule has 1 aliphatic rings. The Hall–Kier alpha value is -0.820. The van der Waals surface area contributed by atoms with Crippen molar-refractivity contribution in [2.24, 2.45) is 0 Å². The zero-order chi connectivity index (χ0) is 8.06. The standard InChI is InChI=1S/C4HNO4S2/c6-3-2-4(9-1-5-2)11(7,8)10-3/h1H. The lowest BCUT2D eigenvalue weighted by Crippen LogP contribution is -1.85. The summed E-state index contributed by atoms with van der Waals surface area (Å²) in [6.07, 6.45) is 0.944. The van der Waals surface area contributed by atoms with Gasteiger partial charge in [-0.1, -0.05) is 0 Å². The van der Waals surface area contributed by atoms with Crippen LogP contribution in [0.25, 0.3) is 0 Å². The Morgan fingerprint density at radius 3 is 2.91 bits per heavy atom. The van der Waals surface area contributed by atoms with Crippen molar-refractivity contribution in [2.75, 3.05) is 0 Å². The molecule has 0 amide bonds. The summed E-state index contributed by atoms with van der Waals surface area (Å²) in [6, 6.07) is 0. The summed E-state index contributed by atoms with van der Waals surface area (Å²) >= 11 is 0. The molecule has 2 heterocycles. The predicted molar refractivity (Wildman–Crippen MR) is 35.6 cm³/mol. The normalized spacial score (nSPS) is 20.2. The number of aromatic nitrogens is 1. The highest BCUT2D eigenvalue weighted by atomic mass is 33.1. The fourth-order valence-corrected chi connectivity index (χ4v) is 3.25. The highest BCUT2D eigenvalue weighted by molar-refractivity contribution is 8.78. The monoisotopic (exact) mass is 191 g/mol. The molecule has 5 nitrogen and oxygen atoms in total. The highest BCUT2D eigenvalue weighted by Gasteiger charge is 2.39. The second-order valence-electron chi connectivity index (χ2n) is 1.81. The Kier molecular flexibility index (Phi) is 1.16. The Morgan fingerprint density at radius 2 is 2.27 bits per heavy atom. The third-order valence-corrected chi connectivity index (χ3v) is 4.02. The van der Waals surface area contributed by atoms with Gasteiger partial charge < -0.3 is 4.42 Å². The van der Waals surface area contributed by atoms with Gasteiger partial charge in [0.05, 0.1) is 10.8 Å². The maximum absolute atomic E-state index is 10.9. The zero-order valence-electron chi connectivity index (χ0n) is 4.97. The average molecular weight is 191 g/mol. The van der Waals surface area contributed by atoms with Gasteiger partial charge in [0, 0.05) is 0 Å². The van der Waals surface area contributed by atoms with Crippen LogP contribution in [0.2, 0.25) is 0 Å². The summed E-state index contributed by atoms with van der Waals surface area (Å²) in [7, 11) is -3.34. The third-order valence-electron chi connectivity index (χ3n) is 1.14. The van der Waals surface area contributed by atoms with E-state index in [1.165, 1.54) is 0 Å². The molecule has 0 unspecified atom stereocenters. The van der Waals surface area contributed by atoms with Crippen LogP contribution in [0.5, 0.6) is 0 Å². The molecule has 0 fully saturated rings. The van der Waals surface area contributed by atoms with E-state index in [1.54, 1.807) is 0 Å². The van der Waals surface area contributed by atoms with Crippen molar-refractivity contribution < 1.29 is 17.6 Å². The summed E-state index contributed by atoms with van der Waals surface area (Å²) in [6.45, 7) is 0. The van der Waals surface area contributed by atoms with Gasteiger partial charge in [0.1, 0.15) is 0 Å². The number of nitrogens with zero attached hydrogens (tertiary/aromatic N) is 1. The first kappa shape index (κ1) is 6.86. The van der Waals surface area contributed by atoms with Crippen molar-refractivity contribution in [2.45, 2.75) is 5.09 Å². The van der Waals surface area contributed by atoms with Gasteiger partial charge in [0.25, 0.3) is 19.1 Å². The number of rotatable bonds is 0. The molecule has 0 N–H and O–H groups in total. The lowest BCUT2D eigenvalue weighted by molar-refractivity contribution is 0.108. The van der Waals surface area contributed by atoms with Crippen LogP contribution < -0.4 is 0 Å². The SMILES string of the molecule is O=C1SS(=O)(=O)c2ocnc21. The number of carbonyl (C=O) groups excluding carboxylic acids is 1. The predicted octanol–water partition coefficient (Wildman–Crippen LogP) is 0.250. The van der Waals surface area contributed by atoms with Crippen LogP contribution in [-0.4, -0.2) is 18.5 Å². The van der Waals surface area contributed by atoms with E-state index in [-0.39, 0.29) is 21.6 Å². The zero-order valence-corrected chi connectivity index (χ0v) is 6.61. The summed E-state index contributed by atoms with van der Waals surface area (Å²) in [5.41, 5.74) is -0.102. The van der Waals surface area contributed by atoms with Gasteiger partial charge >= 0.3 is 0 Å². The van der Waals surface area contributed by atoms with E-state index in [0.29, 0.717) is 0 Å². The molecule has 11 heavy (non-hydrogen) atoms. The summed E-state index contributed by atoms with van der Waals surface area (Å²) in [5.74, 6) is 0. The minimum absolute atomic E-state index is 0.102. The van der Waals surface area contributed by atoms with Crippen LogP contribution in [0.3, 0.4) is 0 Å². The molecule has 7 heteroatoms. The molecule has 0 saturated heterocycles. The number of hydrogen-bond donors (Lipinski definition) is 0. The molecule has 0 spiro atoms.